The number of hydrogen-bond donors (Lipinski definition) is 0. The summed E-state index contributed by atoms with van der Waals surface area (Å²) in [5.41, 5.74) is 2.45. The van der Waals surface area contributed by atoms with Gasteiger partial charge in [0.15, 0.2) is 5.75 Å². The minimum absolute atomic E-state index is 0.0792. The van der Waals surface area contributed by atoms with Crippen LogP contribution in [0.25, 0.3) is 11.0 Å². The first-order chi connectivity index (χ1) is 15.0. The minimum Gasteiger partial charge on any atom is -0.489 e. The first kappa shape index (κ1) is 24.3. The number of allylic oxidation sites excluding steroid dienone is 4. The third-order valence-electron chi connectivity index (χ3n) is 4.70. The summed E-state index contributed by atoms with van der Waals surface area (Å²) in [5.74, 6) is 1.11. The van der Waals surface area contributed by atoms with Crippen LogP contribution in [0.15, 0.2) is 62.9 Å². The van der Waals surface area contributed by atoms with Crippen molar-refractivity contribution < 1.29 is 18.6 Å². The summed E-state index contributed by atoms with van der Waals surface area (Å²) in [4.78, 5) is 12.3. The van der Waals surface area contributed by atoms with Crippen molar-refractivity contribution in [1.82, 2.24) is 0 Å². The van der Waals surface area contributed by atoms with Crippen LogP contribution in [0.3, 0.4) is 0 Å². The van der Waals surface area contributed by atoms with E-state index < -0.39 is 5.63 Å². The molecule has 1 aromatic carbocycles. The first-order valence-electron chi connectivity index (χ1n) is 10.8. The van der Waals surface area contributed by atoms with Crippen molar-refractivity contribution in [2.75, 3.05) is 20.3 Å². The Kier molecular flexibility index (Phi) is 9.95. The highest BCUT2D eigenvalue weighted by atomic mass is 16.5. The van der Waals surface area contributed by atoms with Crippen molar-refractivity contribution in [1.29, 1.82) is 0 Å². The van der Waals surface area contributed by atoms with Crippen LogP contribution in [0.4, 0.5) is 0 Å². The van der Waals surface area contributed by atoms with Crippen molar-refractivity contribution in [2.24, 2.45) is 0 Å². The van der Waals surface area contributed by atoms with E-state index in [2.05, 4.69) is 52.0 Å². The molecule has 0 aliphatic heterocycles. The van der Waals surface area contributed by atoms with E-state index in [1.54, 1.807) is 6.07 Å². The number of rotatable bonds is 12. The molecule has 0 fully saturated rings. The van der Waals surface area contributed by atoms with Gasteiger partial charge in [0.05, 0.1) is 19.1 Å². The molecule has 0 saturated heterocycles. The maximum atomic E-state index is 12.3. The molecule has 2 aromatic rings. The molecule has 168 valence electrons. The number of fused-ring (bicyclic) bond motifs is 1. The lowest BCUT2D eigenvalue weighted by Crippen LogP contribution is -2.08. The van der Waals surface area contributed by atoms with Gasteiger partial charge in [-0.3, -0.25) is 0 Å². The fourth-order valence-electron chi connectivity index (χ4n) is 3.03. The number of methoxy groups -OCH3 is 1. The summed E-state index contributed by atoms with van der Waals surface area (Å²) in [6, 6.07) is 5.39. The van der Waals surface area contributed by atoms with Crippen LogP contribution in [0.1, 0.15) is 53.4 Å². The molecule has 31 heavy (non-hydrogen) atoms. The molecule has 2 rings (SSSR count). The summed E-state index contributed by atoms with van der Waals surface area (Å²) in [5, 5.41) is 0.678. The monoisotopic (exact) mass is 426 g/mol. The maximum absolute atomic E-state index is 12.3. The largest absolute Gasteiger partial charge is 0.489 e. The van der Waals surface area contributed by atoms with Gasteiger partial charge in [0.2, 0.25) is 5.75 Å². The molecule has 1 aromatic heterocycles. The Balaban J connectivity index is 2.13. The van der Waals surface area contributed by atoms with E-state index in [1.165, 1.54) is 18.3 Å². The molecule has 0 amide bonds. The van der Waals surface area contributed by atoms with Gasteiger partial charge in [-0.05, 0) is 64.7 Å². The van der Waals surface area contributed by atoms with E-state index in [-0.39, 0.29) is 5.75 Å². The van der Waals surface area contributed by atoms with Gasteiger partial charge in [-0.25, -0.2) is 4.79 Å². The average Bonchev–Trinajstić information content (AvgIpc) is 2.73. The van der Waals surface area contributed by atoms with Crippen LogP contribution in [-0.4, -0.2) is 20.3 Å². The van der Waals surface area contributed by atoms with Crippen LogP contribution in [-0.2, 0) is 0 Å². The molecular formula is C26H34O5. The molecule has 1 heterocycles. The van der Waals surface area contributed by atoms with E-state index in [1.807, 2.05) is 12.1 Å². The van der Waals surface area contributed by atoms with Crippen LogP contribution < -0.4 is 19.8 Å². The summed E-state index contributed by atoms with van der Waals surface area (Å²) < 4.78 is 22.4. The van der Waals surface area contributed by atoms with Gasteiger partial charge in [0.1, 0.15) is 17.9 Å². The summed E-state index contributed by atoms with van der Waals surface area (Å²) in [7, 11) is 1.44. The minimum atomic E-state index is -0.568. The van der Waals surface area contributed by atoms with Crippen molar-refractivity contribution in [3.8, 4) is 17.2 Å². The second kappa shape index (κ2) is 12.7. The lowest BCUT2D eigenvalue weighted by atomic mass is 10.1. The molecule has 0 unspecified atom stereocenters. The summed E-state index contributed by atoms with van der Waals surface area (Å²) in [6.45, 7) is 9.30. The second-order valence-corrected chi connectivity index (χ2v) is 7.61. The number of ether oxygens (including phenoxy) is 3. The second-order valence-electron chi connectivity index (χ2n) is 7.61. The first-order valence-corrected chi connectivity index (χ1v) is 10.8. The zero-order valence-corrected chi connectivity index (χ0v) is 19.3. The Morgan fingerprint density at radius 1 is 1.03 bits per heavy atom. The SMILES string of the molecule is CCC=CCCOc1c(OC)c(=O)oc2cc(OC/C=C(\C)CCC=C(C)C)ccc12. The van der Waals surface area contributed by atoms with Crippen molar-refractivity contribution in [3.05, 3.63) is 64.1 Å². The van der Waals surface area contributed by atoms with Gasteiger partial charge < -0.3 is 18.6 Å². The number of benzene rings is 1. The van der Waals surface area contributed by atoms with Crippen LogP contribution in [0.2, 0.25) is 0 Å². The zero-order valence-electron chi connectivity index (χ0n) is 19.3. The van der Waals surface area contributed by atoms with Crippen molar-refractivity contribution in [2.45, 2.75) is 53.4 Å². The molecule has 0 bridgehead atoms. The standard InChI is InChI=1S/C26H34O5/c1-6-7-8-9-16-30-24-22-14-13-21(18-23(22)31-26(27)25(24)28-5)29-17-15-20(4)12-10-11-19(2)3/h7-8,11,13-15,18H,6,9-10,12,16-17H2,1-5H3/b8-7?,20-15+. The third kappa shape index (κ3) is 7.67. The molecule has 0 radical (unpaired) electrons. The lowest BCUT2D eigenvalue weighted by molar-refractivity contribution is 0.293. The Morgan fingerprint density at radius 3 is 2.55 bits per heavy atom. The van der Waals surface area contributed by atoms with Gasteiger partial charge in [-0.1, -0.05) is 36.3 Å². The highest BCUT2D eigenvalue weighted by Crippen LogP contribution is 2.34. The predicted octanol–water partition coefficient (Wildman–Crippen LogP) is 6.61. The Bertz CT molecular complexity index is 991. The maximum Gasteiger partial charge on any atom is 0.383 e. The number of hydrogen-bond acceptors (Lipinski definition) is 5. The molecule has 5 nitrogen and oxygen atoms in total. The Labute approximate surface area is 185 Å². The van der Waals surface area contributed by atoms with E-state index in [9.17, 15) is 4.79 Å². The van der Waals surface area contributed by atoms with E-state index in [4.69, 9.17) is 18.6 Å². The van der Waals surface area contributed by atoms with Gasteiger partial charge in [0.25, 0.3) is 0 Å². The fourth-order valence-corrected chi connectivity index (χ4v) is 3.03. The van der Waals surface area contributed by atoms with E-state index >= 15 is 0 Å². The quantitative estimate of drug-likeness (QED) is 0.217. The lowest BCUT2D eigenvalue weighted by Gasteiger charge is -2.12. The normalized spacial score (nSPS) is 11.7. The molecule has 0 atom stereocenters. The molecule has 5 heteroatoms. The average molecular weight is 427 g/mol. The molecule has 0 aliphatic rings. The molecule has 0 saturated carbocycles. The van der Waals surface area contributed by atoms with Crippen molar-refractivity contribution in [3.63, 3.8) is 0 Å². The van der Waals surface area contributed by atoms with E-state index in [0.717, 1.165) is 25.7 Å². The van der Waals surface area contributed by atoms with Crippen LogP contribution in [0.5, 0.6) is 17.2 Å². The summed E-state index contributed by atoms with van der Waals surface area (Å²) >= 11 is 0. The van der Waals surface area contributed by atoms with Gasteiger partial charge in [-0.15, -0.1) is 0 Å². The zero-order chi connectivity index (χ0) is 22.6. The van der Waals surface area contributed by atoms with E-state index in [0.29, 0.717) is 35.7 Å². The molecule has 0 spiro atoms. The van der Waals surface area contributed by atoms with Gasteiger partial charge >= 0.3 is 5.63 Å². The van der Waals surface area contributed by atoms with Crippen LogP contribution in [0, 0.1) is 0 Å². The van der Waals surface area contributed by atoms with Crippen molar-refractivity contribution >= 4 is 11.0 Å². The topological polar surface area (TPSA) is 57.9 Å². The van der Waals surface area contributed by atoms with Crippen LogP contribution >= 0.6 is 0 Å². The fraction of sp³-hybridized carbons (Fsp3) is 0.423. The molecule has 0 N–H and O–H groups in total. The van der Waals surface area contributed by atoms with Gasteiger partial charge in [-0.2, -0.15) is 0 Å². The highest BCUT2D eigenvalue weighted by Gasteiger charge is 2.17. The predicted molar refractivity (Wildman–Crippen MR) is 126 cm³/mol. The smallest absolute Gasteiger partial charge is 0.383 e. The highest BCUT2D eigenvalue weighted by molar-refractivity contribution is 5.86. The summed E-state index contributed by atoms with van der Waals surface area (Å²) in [6.07, 6.45) is 12.2. The molecular weight excluding hydrogens is 392 g/mol. The Morgan fingerprint density at radius 2 is 1.84 bits per heavy atom. The Hall–Kier alpha value is -2.95. The van der Waals surface area contributed by atoms with Gasteiger partial charge in [0, 0.05) is 6.07 Å². The molecule has 0 aliphatic carbocycles. The third-order valence-corrected chi connectivity index (χ3v) is 4.70.